The Kier molecular flexibility index (Phi) is 8.85. The molecule has 0 saturated carbocycles. The van der Waals surface area contributed by atoms with Crippen molar-refractivity contribution in [3.63, 3.8) is 0 Å². The number of carbonyl (C=O) groups excluding carboxylic acids is 2. The smallest absolute Gasteiger partial charge is 0.246 e. The number of likely N-dealkylation sites (tertiary alicyclic amines) is 1. The summed E-state index contributed by atoms with van der Waals surface area (Å²) >= 11 is 0. The second-order valence-corrected chi connectivity index (χ2v) is 6.75. The van der Waals surface area contributed by atoms with Crippen LogP contribution in [0.5, 0.6) is 0 Å². The van der Waals surface area contributed by atoms with Crippen LogP contribution in [-0.4, -0.2) is 53.9 Å². The Morgan fingerprint density at radius 1 is 1.42 bits per heavy atom. The van der Waals surface area contributed by atoms with E-state index in [2.05, 4.69) is 16.4 Å². The zero-order valence-electron chi connectivity index (χ0n) is 15.6. The Bertz CT molecular complexity index is 554. The molecular formula is C17H31N7O2. The minimum absolute atomic E-state index is 0.00288. The summed E-state index contributed by atoms with van der Waals surface area (Å²) < 4.78 is 0. The summed E-state index contributed by atoms with van der Waals surface area (Å²) in [5.41, 5.74) is 16.4. The van der Waals surface area contributed by atoms with E-state index in [0.717, 1.165) is 12.8 Å². The molecule has 0 aromatic rings. The van der Waals surface area contributed by atoms with Gasteiger partial charge in [0.25, 0.3) is 0 Å². The number of hydrogen-bond donors (Lipinski definition) is 4. The first kappa shape index (κ1) is 21.7. The summed E-state index contributed by atoms with van der Waals surface area (Å²) in [4.78, 5) is 30.7. The van der Waals surface area contributed by atoms with Gasteiger partial charge < -0.3 is 27.4 Å². The molecule has 4 atom stereocenters. The molecule has 146 valence electrons. The van der Waals surface area contributed by atoms with E-state index in [1.165, 1.54) is 0 Å². The topological polar surface area (TPSA) is 164 Å². The Balaban J connectivity index is 2.69. The fraction of sp³-hybridized carbons (Fsp3) is 0.765. The molecule has 7 N–H and O–H groups in total. The minimum Gasteiger partial charge on any atom is -0.370 e. The average molecular weight is 365 g/mol. The molecule has 0 radical (unpaired) electrons. The van der Waals surface area contributed by atoms with Crippen LogP contribution >= 0.6 is 0 Å². The molecule has 1 aliphatic rings. The largest absolute Gasteiger partial charge is 0.370 e. The van der Waals surface area contributed by atoms with Gasteiger partial charge in [-0.3, -0.25) is 14.6 Å². The number of amides is 2. The van der Waals surface area contributed by atoms with E-state index in [9.17, 15) is 14.9 Å². The number of guanidine groups is 1. The van der Waals surface area contributed by atoms with E-state index in [0.29, 0.717) is 32.4 Å². The molecule has 1 fully saturated rings. The fourth-order valence-electron chi connectivity index (χ4n) is 2.94. The highest BCUT2D eigenvalue weighted by Crippen LogP contribution is 2.20. The Morgan fingerprint density at radius 3 is 2.69 bits per heavy atom. The third-order valence-electron chi connectivity index (χ3n) is 4.77. The van der Waals surface area contributed by atoms with Gasteiger partial charge in [-0.05, 0) is 31.6 Å². The lowest BCUT2D eigenvalue weighted by molar-refractivity contribution is -0.138. The van der Waals surface area contributed by atoms with Crippen molar-refractivity contribution >= 4 is 17.8 Å². The summed E-state index contributed by atoms with van der Waals surface area (Å²) in [6, 6.07) is 0.326. The van der Waals surface area contributed by atoms with E-state index in [1.807, 2.05) is 13.8 Å². The lowest BCUT2D eigenvalue weighted by Gasteiger charge is -2.30. The molecule has 0 bridgehead atoms. The quantitative estimate of drug-likeness (QED) is 0.242. The predicted molar refractivity (Wildman–Crippen MR) is 99.6 cm³/mol. The lowest BCUT2D eigenvalue weighted by Crippen LogP contribution is -2.55. The Morgan fingerprint density at radius 2 is 2.12 bits per heavy atom. The third kappa shape index (κ3) is 6.19. The maximum absolute atomic E-state index is 12.9. The van der Waals surface area contributed by atoms with Crippen molar-refractivity contribution < 1.29 is 9.59 Å². The summed E-state index contributed by atoms with van der Waals surface area (Å²) in [6.45, 7) is 4.81. The third-order valence-corrected chi connectivity index (χ3v) is 4.77. The van der Waals surface area contributed by atoms with Gasteiger partial charge in [0.05, 0.1) is 12.1 Å². The Hall–Kier alpha value is -2.34. The average Bonchev–Trinajstić information content (AvgIpc) is 3.10. The second kappa shape index (κ2) is 10.6. The van der Waals surface area contributed by atoms with Crippen molar-refractivity contribution in [1.82, 2.24) is 10.2 Å². The van der Waals surface area contributed by atoms with Gasteiger partial charge in [-0.15, -0.1) is 0 Å². The monoisotopic (exact) mass is 365 g/mol. The molecule has 0 spiro atoms. The Labute approximate surface area is 155 Å². The number of hydrogen-bond acceptors (Lipinski definition) is 5. The zero-order chi connectivity index (χ0) is 19.7. The van der Waals surface area contributed by atoms with Gasteiger partial charge in [-0.1, -0.05) is 20.3 Å². The van der Waals surface area contributed by atoms with Gasteiger partial charge in [0.15, 0.2) is 5.96 Å². The van der Waals surface area contributed by atoms with Crippen LogP contribution in [0, 0.1) is 17.2 Å². The van der Waals surface area contributed by atoms with Crippen LogP contribution in [0.15, 0.2) is 4.99 Å². The lowest BCUT2D eigenvalue weighted by atomic mass is 9.96. The number of aliphatic imine (C=N–C) groups is 1. The zero-order valence-corrected chi connectivity index (χ0v) is 15.6. The van der Waals surface area contributed by atoms with Gasteiger partial charge in [0.2, 0.25) is 11.8 Å². The second-order valence-electron chi connectivity index (χ2n) is 6.75. The van der Waals surface area contributed by atoms with Crippen LogP contribution in [0.25, 0.3) is 0 Å². The standard InChI is InChI=1S/C17H31N7O2/c1-3-11(2)14(16(26)24-9-5-6-12(24)10-18)23-15(25)13(19)7-4-8-22-17(20)21/h11-14H,3-9,19H2,1-2H3,(H,23,25)(H4,20,21,22)/t11?,12-,13-,14-/m0/s1. The number of nitrogens with one attached hydrogen (secondary N) is 1. The molecule has 9 heteroatoms. The summed E-state index contributed by atoms with van der Waals surface area (Å²) in [5.74, 6) is -0.631. The van der Waals surface area contributed by atoms with Crippen LogP contribution in [0.4, 0.5) is 0 Å². The molecule has 26 heavy (non-hydrogen) atoms. The van der Waals surface area contributed by atoms with Gasteiger partial charge in [-0.2, -0.15) is 5.26 Å². The van der Waals surface area contributed by atoms with Crippen molar-refractivity contribution in [2.75, 3.05) is 13.1 Å². The van der Waals surface area contributed by atoms with Crippen LogP contribution in [0.3, 0.4) is 0 Å². The summed E-state index contributed by atoms with van der Waals surface area (Å²) in [5, 5.41) is 12.0. The molecule has 1 heterocycles. The molecule has 0 aliphatic carbocycles. The van der Waals surface area contributed by atoms with Crippen LogP contribution < -0.4 is 22.5 Å². The number of rotatable bonds is 9. The molecule has 0 aromatic heterocycles. The van der Waals surface area contributed by atoms with Crippen molar-refractivity contribution in [2.45, 2.75) is 64.1 Å². The SMILES string of the molecule is CCC(C)[C@H](NC(=O)[C@@H](N)CCCN=C(N)N)C(=O)N1CCC[C@H]1C#N. The maximum atomic E-state index is 12.9. The molecular weight excluding hydrogens is 334 g/mol. The number of nitrogens with zero attached hydrogens (tertiary/aromatic N) is 3. The first-order valence-corrected chi connectivity index (χ1v) is 9.13. The molecule has 1 aliphatic heterocycles. The number of nitrogens with two attached hydrogens (primary N) is 3. The minimum atomic E-state index is -0.742. The van der Waals surface area contributed by atoms with E-state index in [-0.39, 0.29) is 23.7 Å². The highest BCUT2D eigenvalue weighted by atomic mass is 16.2. The van der Waals surface area contributed by atoms with E-state index >= 15 is 0 Å². The number of nitriles is 1. The van der Waals surface area contributed by atoms with Crippen molar-refractivity contribution in [2.24, 2.45) is 28.1 Å². The molecule has 1 saturated heterocycles. The molecule has 0 aromatic carbocycles. The van der Waals surface area contributed by atoms with E-state index in [1.54, 1.807) is 4.90 Å². The van der Waals surface area contributed by atoms with Crippen molar-refractivity contribution in [1.29, 1.82) is 5.26 Å². The molecule has 2 amide bonds. The summed E-state index contributed by atoms with van der Waals surface area (Å²) in [7, 11) is 0. The van der Waals surface area contributed by atoms with Crippen LogP contribution in [0.1, 0.15) is 46.0 Å². The normalized spacial score (nSPS) is 19.9. The van der Waals surface area contributed by atoms with Crippen LogP contribution in [-0.2, 0) is 9.59 Å². The first-order chi connectivity index (χ1) is 12.3. The molecule has 1 unspecified atom stereocenters. The first-order valence-electron chi connectivity index (χ1n) is 9.13. The van der Waals surface area contributed by atoms with Gasteiger partial charge in [-0.25, -0.2) is 0 Å². The number of carbonyl (C=O) groups is 2. The predicted octanol–water partition coefficient (Wildman–Crippen LogP) is -0.587. The maximum Gasteiger partial charge on any atom is 0.246 e. The molecule has 1 rings (SSSR count). The fourth-order valence-corrected chi connectivity index (χ4v) is 2.94. The highest BCUT2D eigenvalue weighted by molar-refractivity contribution is 5.90. The van der Waals surface area contributed by atoms with Gasteiger partial charge >= 0.3 is 0 Å². The highest BCUT2D eigenvalue weighted by Gasteiger charge is 2.36. The molecule has 9 nitrogen and oxygen atoms in total. The van der Waals surface area contributed by atoms with Gasteiger partial charge in [0.1, 0.15) is 12.1 Å². The van der Waals surface area contributed by atoms with Gasteiger partial charge in [0, 0.05) is 13.1 Å². The van der Waals surface area contributed by atoms with E-state index in [4.69, 9.17) is 17.2 Å². The summed E-state index contributed by atoms with van der Waals surface area (Å²) in [6.07, 6.45) is 3.18. The van der Waals surface area contributed by atoms with Crippen molar-refractivity contribution in [3.05, 3.63) is 0 Å². The van der Waals surface area contributed by atoms with Crippen LogP contribution in [0.2, 0.25) is 0 Å². The van der Waals surface area contributed by atoms with E-state index < -0.39 is 18.1 Å². The van der Waals surface area contributed by atoms with Crippen molar-refractivity contribution in [3.8, 4) is 6.07 Å².